The molecule has 0 spiro atoms. The predicted octanol–water partition coefficient (Wildman–Crippen LogP) is 4.43. The van der Waals surface area contributed by atoms with Crippen LogP contribution in [-0.4, -0.2) is 36.3 Å². The molecule has 4 rings (SSSR count). The number of nitrogens with zero attached hydrogens (tertiary/aromatic N) is 3. The number of benzene rings is 2. The first-order chi connectivity index (χ1) is 18.3. The van der Waals surface area contributed by atoms with Crippen LogP contribution in [0, 0.1) is 0 Å². The van der Waals surface area contributed by atoms with Gasteiger partial charge in [0.15, 0.2) is 4.80 Å². The Morgan fingerprint density at radius 2 is 1.74 bits per heavy atom. The van der Waals surface area contributed by atoms with Crippen LogP contribution in [0.25, 0.3) is 6.08 Å². The van der Waals surface area contributed by atoms with Crippen molar-refractivity contribution in [2.24, 2.45) is 4.99 Å². The lowest BCUT2D eigenvalue weighted by Crippen LogP contribution is -2.39. The number of rotatable bonds is 9. The standard InChI is InChI=1S/C30H35N3O4S/c1-7-32(8-2)23-14-10-21(11-15-23)18-25-28(34)33-27(22-12-16-24(17-13-22)37-19(4)5)26(29(35)36-9-3)20(6)31-30(33)38-25/h10-19,27H,7-9H2,1-6H3/b25-18-/t27-/m1/s1. The lowest BCUT2D eigenvalue weighted by atomic mass is 9.96. The van der Waals surface area contributed by atoms with Crippen LogP contribution in [0.2, 0.25) is 0 Å². The number of ether oxygens (including phenoxy) is 2. The first-order valence-electron chi connectivity index (χ1n) is 13.1. The van der Waals surface area contributed by atoms with Gasteiger partial charge in [-0.25, -0.2) is 9.79 Å². The summed E-state index contributed by atoms with van der Waals surface area (Å²) in [6.45, 7) is 13.8. The summed E-state index contributed by atoms with van der Waals surface area (Å²) in [5.41, 5.74) is 3.59. The Morgan fingerprint density at radius 1 is 1.08 bits per heavy atom. The Morgan fingerprint density at radius 3 is 2.32 bits per heavy atom. The van der Waals surface area contributed by atoms with Crippen LogP contribution in [0.4, 0.5) is 5.69 Å². The minimum atomic E-state index is -0.648. The molecular weight excluding hydrogens is 498 g/mol. The van der Waals surface area contributed by atoms with Gasteiger partial charge in [0.1, 0.15) is 5.75 Å². The van der Waals surface area contributed by atoms with E-state index in [1.807, 2.05) is 56.3 Å². The number of allylic oxidation sites excluding steroid dienone is 1. The largest absolute Gasteiger partial charge is 0.491 e. The molecule has 7 nitrogen and oxygen atoms in total. The smallest absolute Gasteiger partial charge is 0.338 e. The van der Waals surface area contributed by atoms with Gasteiger partial charge in [0, 0.05) is 18.8 Å². The van der Waals surface area contributed by atoms with E-state index in [1.165, 1.54) is 11.3 Å². The molecule has 0 bridgehead atoms. The predicted molar refractivity (Wildman–Crippen MR) is 153 cm³/mol. The molecule has 1 aliphatic rings. The molecule has 0 amide bonds. The fourth-order valence-electron chi connectivity index (χ4n) is 4.63. The number of fused-ring (bicyclic) bond motifs is 1. The fourth-order valence-corrected chi connectivity index (χ4v) is 5.68. The maximum atomic E-state index is 13.8. The topological polar surface area (TPSA) is 73.1 Å². The molecule has 1 aliphatic heterocycles. The van der Waals surface area contributed by atoms with Crippen molar-refractivity contribution in [3.05, 3.63) is 90.6 Å². The normalized spacial score (nSPS) is 15.3. The molecule has 0 saturated carbocycles. The Balaban J connectivity index is 1.82. The average molecular weight is 534 g/mol. The molecule has 0 saturated heterocycles. The Kier molecular flexibility index (Phi) is 8.52. The van der Waals surface area contributed by atoms with E-state index in [1.54, 1.807) is 18.4 Å². The molecule has 0 aliphatic carbocycles. The zero-order chi connectivity index (χ0) is 27.4. The molecule has 1 aromatic heterocycles. The van der Waals surface area contributed by atoms with Crippen molar-refractivity contribution in [2.45, 2.75) is 53.7 Å². The summed E-state index contributed by atoms with van der Waals surface area (Å²) in [5, 5.41) is 0. The van der Waals surface area contributed by atoms with Gasteiger partial charge in [0.05, 0.1) is 34.6 Å². The number of esters is 1. The summed E-state index contributed by atoms with van der Waals surface area (Å²) in [6, 6.07) is 15.0. The van der Waals surface area contributed by atoms with E-state index in [2.05, 4.69) is 35.9 Å². The molecule has 0 radical (unpaired) electrons. The monoisotopic (exact) mass is 533 g/mol. The number of carbonyl (C=O) groups is 1. The second-order valence-corrected chi connectivity index (χ2v) is 10.3. The lowest BCUT2D eigenvalue weighted by molar-refractivity contribution is -0.139. The molecule has 1 atom stereocenters. The Bertz CT molecular complexity index is 1490. The minimum Gasteiger partial charge on any atom is -0.491 e. The summed E-state index contributed by atoms with van der Waals surface area (Å²) in [4.78, 5) is 34.3. The molecule has 200 valence electrons. The van der Waals surface area contributed by atoms with Crippen molar-refractivity contribution < 1.29 is 14.3 Å². The van der Waals surface area contributed by atoms with E-state index in [0.29, 0.717) is 20.6 Å². The first kappa shape index (κ1) is 27.4. The summed E-state index contributed by atoms with van der Waals surface area (Å²) in [6.07, 6.45) is 1.92. The molecule has 3 aromatic rings. The van der Waals surface area contributed by atoms with Crippen LogP contribution in [0.1, 0.15) is 58.7 Å². The van der Waals surface area contributed by atoms with Gasteiger partial charge in [0.25, 0.3) is 5.56 Å². The van der Waals surface area contributed by atoms with Gasteiger partial charge in [-0.05, 0) is 83.0 Å². The summed E-state index contributed by atoms with van der Waals surface area (Å²) >= 11 is 1.32. The molecule has 38 heavy (non-hydrogen) atoms. The summed E-state index contributed by atoms with van der Waals surface area (Å²) in [5.74, 6) is 0.255. The fraction of sp³-hybridized carbons (Fsp3) is 0.367. The van der Waals surface area contributed by atoms with Gasteiger partial charge in [0.2, 0.25) is 0 Å². The van der Waals surface area contributed by atoms with Crippen LogP contribution < -0.4 is 24.5 Å². The van der Waals surface area contributed by atoms with Gasteiger partial charge in [-0.15, -0.1) is 0 Å². The van der Waals surface area contributed by atoms with Crippen LogP contribution >= 0.6 is 11.3 Å². The first-order valence-corrected chi connectivity index (χ1v) is 13.9. The maximum absolute atomic E-state index is 13.8. The van der Waals surface area contributed by atoms with Crippen LogP contribution in [0.15, 0.2) is 69.6 Å². The number of aromatic nitrogens is 1. The van der Waals surface area contributed by atoms with Gasteiger partial charge in [-0.3, -0.25) is 9.36 Å². The molecule has 0 fully saturated rings. The van der Waals surface area contributed by atoms with E-state index < -0.39 is 12.0 Å². The van der Waals surface area contributed by atoms with Gasteiger partial charge in [-0.2, -0.15) is 0 Å². The van der Waals surface area contributed by atoms with Crippen molar-refractivity contribution >= 4 is 29.1 Å². The second kappa shape index (κ2) is 11.8. The third-order valence-electron chi connectivity index (χ3n) is 6.40. The second-order valence-electron chi connectivity index (χ2n) is 9.30. The average Bonchev–Trinajstić information content (AvgIpc) is 3.19. The molecule has 0 unspecified atom stereocenters. The van der Waals surface area contributed by atoms with Crippen molar-refractivity contribution in [3.8, 4) is 5.75 Å². The summed E-state index contributed by atoms with van der Waals surface area (Å²) in [7, 11) is 0. The third-order valence-corrected chi connectivity index (χ3v) is 7.39. The van der Waals surface area contributed by atoms with Gasteiger partial charge < -0.3 is 14.4 Å². The van der Waals surface area contributed by atoms with Crippen molar-refractivity contribution in [1.82, 2.24) is 4.57 Å². The van der Waals surface area contributed by atoms with Crippen molar-refractivity contribution in [1.29, 1.82) is 0 Å². The highest BCUT2D eigenvalue weighted by molar-refractivity contribution is 7.07. The lowest BCUT2D eigenvalue weighted by Gasteiger charge is -2.25. The Labute approximate surface area is 227 Å². The van der Waals surface area contributed by atoms with E-state index in [9.17, 15) is 9.59 Å². The molecular formula is C30H35N3O4S. The van der Waals surface area contributed by atoms with Gasteiger partial charge in [-0.1, -0.05) is 35.6 Å². The molecule has 2 aromatic carbocycles. The van der Waals surface area contributed by atoms with Crippen molar-refractivity contribution in [3.63, 3.8) is 0 Å². The van der Waals surface area contributed by atoms with Crippen molar-refractivity contribution in [2.75, 3.05) is 24.6 Å². The van der Waals surface area contributed by atoms with Crippen LogP contribution in [0.5, 0.6) is 5.75 Å². The van der Waals surface area contributed by atoms with E-state index in [-0.39, 0.29) is 18.3 Å². The van der Waals surface area contributed by atoms with Gasteiger partial charge >= 0.3 is 5.97 Å². The number of carbonyl (C=O) groups excluding carboxylic acids is 1. The number of thiazole rings is 1. The molecule has 0 N–H and O–H groups in total. The minimum absolute atomic E-state index is 0.0387. The SMILES string of the molecule is CCOC(=O)C1=C(C)N=c2s/c(=C\c3ccc(N(CC)CC)cc3)c(=O)n2[C@@H]1c1ccc(OC(C)C)cc1. The number of anilines is 1. The van der Waals surface area contributed by atoms with E-state index >= 15 is 0 Å². The zero-order valence-corrected chi connectivity index (χ0v) is 23.7. The number of hydrogen-bond donors (Lipinski definition) is 0. The molecule has 8 heteroatoms. The zero-order valence-electron chi connectivity index (χ0n) is 22.9. The maximum Gasteiger partial charge on any atom is 0.338 e. The van der Waals surface area contributed by atoms with Crippen LogP contribution in [0.3, 0.4) is 0 Å². The van der Waals surface area contributed by atoms with E-state index in [4.69, 9.17) is 9.47 Å². The highest BCUT2D eigenvalue weighted by atomic mass is 32.1. The summed E-state index contributed by atoms with van der Waals surface area (Å²) < 4.78 is 13.3. The highest BCUT2D eigenvalue weighted by Gasteiger charge is 2.33. The quantitative estimate of drug-likeness (QED) is 0.381. The van der Waals surface area contributed by atoms with E-state index in [0.717, 1.165) is 35.7 Å². The number of hydrogen-bond acceptors (Lipinski definition) is 7. The molecule has 2 heterocycles. The Hall–Kier alpha value is -3.65. The third kappa shape index (κ3) is 5.60. The highest BCUT2D eigenvalue weighted by Crippen LogP contribution is 2.31. The van der Waals surface area contributed by atoms with Crippen LogP contribution in [-0.2, 0) is 9.53 Å².